The second kappa shape index (κ2) is 8.53. The summed E-state index contributed by atoms with van der Waals surface area (Å²) in [7, 11) is 1.93. The molecule has 0 atom stereocenters. The fourth-order valence-electron chi connectivity index (χ4n) is 3.74. The average Bonchev–Trinajstić information content (AvgIpc) is 3.03. The lowest BCUT2D eigenvalue weighted by molar-refractivity contribution is 0.402. The molecule has 1 spiro atoms. The van der Waals surface area contributed by atoms with Gasteiger partial charge in [-0.2, -0.15) is 5.10 Å². The molecule has 2 heterocycles. The van der Waals surface area contributed by atoms with Gasteiger partial charge < -0.3 is 10.6 Å². The number of nitrogens with zero attached hydrogens (tertiary/aromatic N) is 3. The van der Waals surface area contributed by atoms with Gasteiger partial charge in [-0.15, -0.1) is 0 Å². The van der Waals surface area contributed by atoms with Crippen LogP contribution in [-0.4, -0.2) is 21.2 Å². The van der Waals surface area contributed by atoms with Crippen LogP contribution in [0.25, 0.3) is 0 Å². The predicted molar refractivity (Wildman–Crippen MR) is 115 cm³/mol. The first-order chi connectivity index (χ1) is 13.1. The lowest BCUT2D eigenvalue weighted by Gasteiger charge is -2.42. The molecule has 0 unspecified atom stereocenters. The molecule has 5 nitrogen and oxygen atoms in total. The zero-order valence-corrected chi connectivity index (χ0v) is 17.7. The second-order valence-electron chi connectivity index (χ2n) is 6.87. The van der Waals surface area contributed by atoms with Gasteiger partial charge in [0.2, 0.25) is 0 Å². The van der Waals surface area contributed by atoms with E-state index in [1.54, 1.807) is 0 Å². The SMILES string of the molecule is CC.Cn1cc2c(n1)NC(=NCc1ccc(Cl)c(Cl)c1)C1(CCCCC1)N2. The molecule has 2 aromatic rings. The fourth-order valence-corrected chi connectivity index (χ4v) is 4.06. The number of nitrogens with one attached hydrogen (secondary N) is 2. The maximum Gasteiger partial charge on any atom is 0.176 e. The number of benzene rings is 1. The number of hydrogen-bond donors (Lipinski definition) is 2. The van der Waals surface area contributed by atoms with Gasteiger partial charge in [0.15, 0.2) is 5.82 Å². The Kier molecular flexibility index (Phi) is 6.33. The van der Waals surface area contributed by atoms with Crippen molar-refractivity contribution in [3.8, 4) is 0 Å². The molecule has 4 rings (SSSR count). The van der Waals surface area contributed by atoms with Gasteiger partial charge in [-0.05, 0) is 30.5 Å². The molecule has 1 aliphatic heterocycles. The molecular weight excluding hydrogens is 381 g/mol. The first-order valence-electron chi connectivity index (χ1n) is 9.63. The van der Waals surface area contributed by atoms with E-state index in [2.05, 4.69) is 15.7 Å². The van der Waals surface area contributed by atoms with Gasteiger partial charge in [0.1, 0.15) is 5.84 Å². The quantitative estimate of drug-likeness (QED) is 0.651. The molecule has 146 valence electrons. The number of halogens is 2. The van der Waals surface area contributed by atoms with Crippen LogP contribution in [0.15, 0.2) is 29.4 Å². The molecule has 1 aromatic heterocycles. The first kappa shape index (κ1) is 20.0. The monoisotopic (exact) mass is 407 g/mol. The minimum Gasteiger partial charge on any atom is -0.368 e. The number of amidine groups is 1. The molecule has 2 N–H and O–H groups in total. The highest BCUT2D eigenvalue weighted by atomic mass is 35.5. The number of hydrogen-bond acceptors (Lipinski definition) is 3. The molecule has 0 radical (unpaired) electrons. The number of anilines is 2. The molecule has 1 fully saturated rings. The summed E-state index contributed by atoms with van der Waals surface area (Å²) in [4.78, 5) is 4.90. The Labute approximate surface area is 171 Å². The van der Waals surface area contributed by atoms with Gasteiger partial charge in [0.05, 0.1) is 34.0 Å². The summed E-state index contributed by atoms with van der Waals surface area (Å²) in [5.41, 5.74) is 1.98. The average molecular weight is 408 g/mol. The molecular formula is C20H27Cl2N5. The van der Waals surface area contributed by atoms with E-state index < -0.39 is 0 Å². The van der Waals surface area contributed by atoms with Crippen LogP contribution < -0.4 is 10.6 Å². The topological polar surface area (TPSA) is 54.2 Å². The van der Waals surface area contributed by atoms with E-state index >= 15 is 0 Å². The second-order valence-corrected chi connectivity index (χ2v) is 7.69. The van der Waals surface area contributed by atoms with Crippen molar-refractivity contribution in [1.82, 2.24) is 9.78 Å². The fraction of sp³-hybridized carbons (Fsp3) is 0.500. The number of aliphatic imine (C=N–C) groups is 1. The van der Waals surface area contributed by atoms with Crippen molar-refractivity contribution >= 4 is 40.5 Å². The van der Waals surface area contributed by atoms with Crippen LogP contribution >= 0.6 is 23.2 Å². The Morgan fingerprint density at radius 1 is 1.15 bits per heavy atom. The minimum atomic E-state index is -0.121. The van der Waals surface area contributed by atoms with Crippen LogP contribution in [0, 0.1) is 0 Å². The molecule has 0 amide bonds. The first-order valence-corrected chi connectivity index (χ1v) is 10.4. The summed E-state index contributed by atoms with van der Waals surface area (Å²) >= 11 is 12.1. The predicted octanol–water partition coefficient (Wildman–Crippen LogP) is 5.89. The Balaban J connectivity index is 0.00000102. The zero-order chi connectivity index (χ0) is 19.4. The van der Waals surface area contributed by atoms with Crippen molar-refractivity contribution < 1.29 is 0 Å². The lowest BCUT2D eigenvalue weighted by Crippen LogP contribution is -2.53. The zero-order valence-electron chi connectivity index (χ0n) is 16.1. The van der Waals surface area contributed by atoms with Gasteiger partial charge in [0, 0.05) is 7.05 Å². The Morgan fingerprint density at radius 2 is 1.89 bits per heavy atom. The molecule has 1 aromatic carbocycles. The summed E-state index contributed by atoms with van der Waals surface area (Å²) in [6.45, 7) is 4.56. The molecule has 1 saturated carbocycles. The molecule has 2 aliphatic rings. The normalized spacial score (nSPS) is 18.9. The molecule has 0 saturated heterocycles. The Morgan fingerprint density at radius 3 is 2.59 bits per heavy atom. The highest BCUT2D eigenvalue weighted by Gasteiger charge is 2.41. The van der Waals surface area contributed by atoms with Crippen LogP contribution in [0.2, 0.25) is 10.0 Å². The van der Waals surface area contributed by atoms with E-state index in [9.17, 15) is 0 Å². The highest BCUT2D eigenvalue weighted by molar-refractivity contribution is 6.42. The van der Waals surface area contributed by atoms with Crippen molar-refractivity contribution in [3.63, 3.8) is 0 Å². The van der Waals surface area contributed by atoms with Crippen molar-refractivity contribution in [2.45, 2.75) is 58.0 Å². The summed E-state index contributed by atoms with van der Waals surface area (Å²) in [5.74, 6) is 1.82. The molecule has 1 aliphatic carbocycles. The molecule has 27 heavy (non-hydrogen) atoms. The standard InChI is InChI=1S/C18H21Cl2N5.C2H6/c1-25-11-15-16(24-25)22-17(18(23-15)7-3-2-4-8-18)21-10-12-5-6-13(19)14(20)9-12;1-2/h5-6,9,11,23H,2-4,7-8,10H2,1H3,(H,21,22,24);1-2H3. The minimum absolute atomic E-state index is 0.121. The highest BCUT2D eigenvalue weighted by Crippen LogP contribution is 2.39. The van der Waals surface area contributed by atoms with Crippen LogP contribution in [-0.2, 0) is 13.6 Å². The van der Waals surface area contributed by atoms with Gasteiger partial charge in [0.25, 0.3) is 0 Å². The van der Waals surface area contributed by atoms with E-state index in [1.165, 1.54) is 19.3 Å². The smallest absolute Gasteiger partial charge is 0.176 e. The third kappa shape index (κ3) is 4.25. The summed E-state index contributed by atoms with van der Waals surface area (Å²) < 4.78 is 1.82. The van der Waals surface area contributed by atoms with Gasteiger partial charge in [-0.3, -0.25) is 9.67 Å². The van der Waals surface area contributed by atoms with Crippen molar-refractivity contribution in [2.75, 3.05) is 10.6 Å². The van der Waals surface area contributed by atoms with E-state index in [0.29, 0.717) is 16.6 Å². The largest absolute Gasteiger partial charge is 0.368 e. The third-order valence-electron chi connectivity index (χ3n) is 5.00. The van der Waals surface area contributed by atoms with E-state index in [-0.39, 0.29) is 5.54 Å². The summed E-state index contributed by atoms with van der Waals surface area (Å²) in [6.07, 6.45) is 7.87. The van der Waals surface area contributed by atoms with E-state index in [1.807, 2.05) is 50.0 Å². The van der Waals surface area contributed by atoms with Crippen molar-refractivity contribution in [3.05, 3.63) is 40.0 Å². The molecule has 0 bridgehead atoms. The van der Waals surface area contributed by atoms with Crippen LogP contribution in [0.4, 0.5) is 11.5 Å². The number of aromatic nitrogens is 2. The maximum absolute atomic E-state index is 6.13. The van der Waals surface area contributed by atoms with Crippen LogP contribution in [0.5, 0.6) is 0 Å². The van der Waals surface area contributed by atoms with Gasteiger partial charge in [-0.25, -0.2) is 0 Å². The number of aryl methyl sites for hydroxylation is 1. The third-order valence-corrected chi connectivity index (χ3v) is 5.74. The summed E-state index contributed by atoms with van der Waals surface area (Å²) in [6, 6.07) is 5.66. The maximum atomic E-state index is 6.13. The lowest BCUT2D eigenvalue weighted by atomic mass is 9.79. The van der Waals surface area contributed by atoms with Crippen molar-refractivity contribution in [1.29, 1.82) is 0 Å². The Bertz CT molecular complexity index is 822. The Hall–Kier alpha value is -1.72. The van der Waals surface area contributed by atoms with E-state index in [4.69, 9.17) is 28.2 Å². The molecule has 7 heteroatoms. The number of fused-ring (bicyclic) bond motifs is 1. The van der Waals surface area contributed by atoms with Gasteiger partial charge in [-0.1, -0.05) is 62.4 Å². The van der Waals surface area contributed by atoms with Crippen LogP contribution in [0.1, 0.15) is 51.5 Å². The van der Waals surface area contributed by atoms with Crippen molar-refractivity contribution in [2.24, 2.45) is 12.0 Å². The summed E-state index contributed by atoms with van der Waals surface area (Å²) in [5, 5.41) is 12.8. The van der Waals surface area contributed by atoms with Gasteiger partial charge >= 0.3 is 0 Å². The number of rotatable bonds is 2. The van der Waals surface area contributed by atoms with Crippen LogP contribution in [0.3, 0.4) is 0 Å². The van der Waals surface area contributed by atoms with E-state index in [0.717, 1.165) is 35.7 Å².